The molecule has 0 saturated heterocycles. The van der Waals surface area contributed by atoms with Gasteiger partial charge >= 0.3 is 0 Å². The summed E-state index contributed by atoms with van der Waals surface area (Å²) in [4.78, 5) is 0. The molecule has 1 unspecified atom stereocenters. The number of hydrogen-bond acceptors (Lipinski definition) is 1. The second-order valence-corrected chi connectivity index (χ2v) is 6.57. The summed E-state index contributed by atoms with van der Waals surface area (Å²) in [5, 5.41) is 0.497. The van der Waals surface area contributed by atoms with Gasteiger partial charge in [0.2, 0.25) is 0 Å². The Bertz CT molecular complexity index is 642. The first-order chi connectivity index (χ1) is 9.65. The van der Waals surface area contributed by atoms with Gasteiger partial charge in [0, 0.05) is 9.50 Å². The van der Waals surface area contributed by atoms with E-state index in [0.29, 0.717) is 5.02 Å². The third-order valence-electron chi connectivity index (χ3n) is 3.46. The first-order valence-electron chi connectivity index (χ1n) is 6.50. The highest BCUT2D eigenvalue weighted by molar-refractivity contribution is 9.10. The monoisotopic (exact) mass is 370 g/mol. The lowest BCUT2D eigenvalue weighted by atomic mass is 9.98. The Balaban J connectivity index is 1.95. The molecule has 4 heteroatoms. The van der Waals surface area contributed by atoms with Crippen molar-refractivity contribution in [3.63, 3.8) is 0 Å². The van der Waals surface area contributed by atoms with Gasteiger partial charge < -0.3 is 4.74 Å². The number of fused-ring (bicyclic) bond motifs is 1. The Morgan fingerprint density at radius 3 is 2.80 bits per heavy atom. The van der Waals surface area contributed by atoms with Crippen molar-refractivity contribution in [1.82, 2.24) is 0 Å². The Hall–Kier alpha value is -0.700. The number of alkyl halides is 1. The molecule has 2 aromatic carbocycles. The van der Waals surface area contributed by atoms with Gasteiger partial charge in [-0.05, 0) is 47.7 Å². The predicted octanol–water partition coefficient (Wildman–Crippen LogP) is 5.76. The van der Waals surface area contributed by atoms with E-state index in [9.17, 15) is 0 Å². The average Bonchev–Trinajstić information content (AvgIpc) is 2.46. The number of halogens is 3. The Morgan fingerprint density at radius 1 is 1.15 bits per heavy atom. The van der Waals surface area contributed by atoms with Gasteiger partial charge in [0.25, 0.3) is 0 Å². The first kappa shape index (κ1) is 14.2. The maximum Gasteiger partial charge on any atom is 0.122 e. The number of ether oxygens (including phenoxy) is 1. The van der Waals surface area contributed by atoms with Crippen molar-refractivity contribution in [3.05, 3.63) is 62.6 Å². The van der Waals surface area contributed by atoms with Crippen molar-refractivity contribution >= 4 is 39.1 Å². The highest BCUT2D eigenvalue weighted by Crippen LogP contribution is 2.37. The SMILES string of the molecule is Clc1ccc(C(Cl)c2ccc3c(c2)CCCO3)c(Br)c1. The Kier molecular flexibility index (Phi) is 4.25. The molecule has 104 valence electrons. The third kappa shape index (κ3) is 2.83. The second-order valence-electron chi connectivity index (χ2n) is 4.85. The molecule has 0 fully saturated rings. The minimum absolute atomic E-state index is 0.200. The molecule has 2 aromatic rings. The molecule has 1 atom stereocenters. The molecule has 1 aliphatic rings. The molecular formula is C16H13BrCl2O. The van der Waals surface area contributed by atoms with E-state index in [1.165, 1.54) is 5.56 Å². The molecule has 0 amide bonds. The number of rotatable bonds is 2. The quantitative estimate of drug-likeness (QED) is 0.610. The molecule has 3 rings (SSSR count). The lowest BCUT2D eigenvalue weighted by Crippen LogP contribution is -2.09. The van der Waals surface area contributed by atoms with Gasteiger partial charge in [0.15, 0.2) is 0 Å². The van der Waals surface area contributed by atoms with Crippen molar-refractivity contribution < 1.29 is 4.74 Å². The summed E-state index contributed by atoms with van der Waals surface area (Å²) >= 11 is 16.1. The van der Waals surface area contributed by atoms with E-state index >= 15 is 0 Å². The number of hydrogen-bond donors (Lipinski definition) is 0. The third-order valence-corrected chi connectivity index (χ3v) is 4.87. The van der Waals surface area contributed by atoms with Gasteiger partial charge in [0.1, 0.15) is 5.75 Å². The minimum atomic E-state index is -0.200. The average molecular weight is 372 g/mol. The van der Waals surface area contributed by atoms with Crippen molar-refractivity contribution in [2.45, 2.75) is 18.2 Å². The van der Waals surface area contributed by atoms with E-state index in [4.69, 9.17) is 27.9 Å². The van der Waals surface area contributed by atoms with Crippen LogP contribution in [0.25, 0.3) is 0 Å². The molecule has 0 aliphatic carbocycles. The van der Waals surface area contributed by atoms with Crippen molar-refractivity contribution in [2.24, 2.45) is 0 Å². The maximum absolute atomic E-state index is 6.62. The molecule has 1 heterocycles. The topological polar surface area (TPSA) is 9.23 Å². The van der Waals surface area contributed by atoms with Crippen LogP contribution < -0.4 is 4.74 Å². The molecule has 0 saturated carbocycles. The van der Waals surface area contributed by atoms with E-state index in [2.05, 4.69) is 22.0 Å². The summed E-state index contributed by atoms with van der Waals surface area (Å²) in [5.74, 6) is 0.985. The minimum Gasteiger partial charge on any atom is -0.493 e. The standard InChI is InChI=1S/C16H13BrCl2O/c17-14-9-12(18)4-5-13(14)16(19)11-3-6-15-10(8-11)2-1-7-20-15/h3-6,8-9,16H,1-2,7H2. The van der Waals surface area contributed by atoms with E-state index in [1.54, 1.807) is 0 Å². The zero-order chi connectivity index (χ0) is 14.1. The Labute approximate surface area is 137 Å². The van der Waals surface area contributed by atoms with Crippen molar-refractivity contribution in [1.29, 1.82) is 0 Å². The molecular weight excluding hydrogens is 359 g/mol. The predicted molar refractivity (Wildman–Crippen MR) is 87.1 cm³/mol. The van der Waals surface area contributed by atoms with Crippen LogP contribution in [0.1, 0.15) is 28.5 Å². The van der Waals surface area contributed by atoms with Gasteiger partial charge in [-0.1, -0.05) is 45.7 Å². The molecule has 0 N–H and O–H groups in total. The number of benzene rings is 2. The number of aryl methyl sites for hydroxylation is 1. The molecule has 0 spiro atoms. The van der Waals surface area contributed by atoms with Crippen LogP contribution in [0.5, 0.6) is 5.75 Å². The van der Waals surface area contributed by atoms with Gasteiger partial charge in [-0.3, -0.25) is 0 Å². The van der Waals surface area contributed by atoms with Gasteiger partial charge in [-0.25, -0.2) is 0 Å². The fourth-order valence-corrected chi connectivity index (χ4v) is 3.79. The molecule has 20 heavy (non-hydrogen) atoms. The lowest BCUT2D eigenvalue weighted by Gasteiger charge is -2.20. The van der Waals surface area contributed by atoms with Crippen LogP contribution in [-0.4, -0.2) is 6.61 Å². The fourth-order valence-electron chi connectivity index (χ4n) is 2.42. The van der Waals surface area contributed by atoms with Crippen molar-refractivity contribution in [3.8, 4) is 5.75 Å². The summed E-state index contributed by atoms with van der Waals surface area (Å²) < 4.78 is 6.56. The lowest BCUT2D eigenvalue weighted by molar-refractivity contribution is 0.288. The summed E-state index contributed by atoms with van der Waals surface area (Å²) in [6, 6.07) is 11.9. The van der Waals surface area contributed by atoms with Crippen LogP contribution in [-0.2, 0) is 6.42 Å². The maximum atomic E-state index is 6.62. The van der Waals surface area contributed by atoms with Crippen LogP contribution >= 0.6 is 39.1 Å². The molecule has 0 radical (unpaired) electrons. The van der Waals surface area contributed by atoms with Crippen LogP contribution in [0.3, 0.4) is 0 Å². The molecule has 0 aromatic heterocycles. The van der Waals surface area contributed by atoms with Crippen molar-refractivity contribution in [2.75, 3.05) is 6.61 Å². The van der Waals surface area contributed by atoms with Crippen LogP contribution in [0.15, 0.2) is 40.9 Å². The zero-order valence-electron chi connectivity index (χ0n) is 10.7. The van der Waals surface area contributed by atoms with E-state index < -0.39 is 0 Å². The summed E-state index contributed by atoms with van der Waals surface area (Å²) in [6.45, 7) is 0.805. The fraction of sp³-hybridized carbons (Fsp3) is 0.250. The molecule has 1 nitrogen and oxygen atoms in total. The van der Waals surface area contributed by atoms with Crippen LogP contribution in [0.4, 0.5) is 0 Å². The highest BCUT2D eigenvalue weighted by atomic mass is 79.9. The van der Waals surface area contributed by atoms with Gasteiger partial charge in [0.05, 0.1) is 12.0 Å². The van der Waals surface area contributed by atoms with Gasteiger partial charge in [-0.2, -0.15) is 0 Å². The smallest absolute Gasteiger partial charge is 0.122 e. The summed E-state index contributed by atoms with van der Waals surface area (Å²) in [5.41, 5.74) is 3.34. The molecule has 0 bridgehead atoms. The normalized spacial score (nSPS) is 15.3. The van der Waals surface area contributed by atoms with Gasteiger partial charge in [-0.15, -0.1) is 11.6 Å². The van der Waals surface area contributed by atoms with Crippen LogP contribution in [0.2, 0.25) is 5.02 Å². The van der Waals surface area contributed by atoms with E-state index in [0.717, 1.165) is 40.8 Å². The zero-order valence-corrected chi connectivity index (χ0v) is 13.8. The van der Waals surface area contributed by atoms with E-state index in [1.807, 2.05) is 30.3 Å². The van der Waals surface area contributed by atoms with E-state index in [-0.39, 0.29) is 5.38 Å². The Morgan fingerprint density at radius 2 is 2.00 bits per heavy atom. The van der Waals surface area contributed by atoms with Crippen LogP contribution in [0, 0.1) is 0 Å². The molecule has 1 aliphatic heterocycles. The first-order valence-corrected chi connectivity index (χ1v) is 8.10. The second kappa shape index (κ2) is 5.97. The largest absolute Gasteiger partial charge is 0.493 e. The highest BCUT2D eigenvalue weighted by Gasteiger charge is 2.17. The summed E-state index contributed by atoms with van der Waals surface area (Å²) in [6.07, 6.45) is 2.11. The summed E-state index contributed by atoms with van der Waals surface area (Å²) in [7, 11) is 0.